The highest BCUT2D eigenvalue weighted by Gasteiger charge is 2.05. The molecule has 0 heterocycles. The molecule has 0 saturated heterocycles. The zero-order valence-electron chi connectivity index (χ0n) is 15.6. The lowest BCUT2D eigenvalue weighted by atomic mass is 10.1. The molecule has 2 aromatic rings. The molecule has 5 heteroatoms. The maximum absolute atomic E-state index is 5.81. The van der Waals surface area contributed by atoms with Crippen molar-refractivity contribution in [3.63, 3.8) is 0 Å². The Bertz CT molecular complexity index is 691. The number of thiocarbonyl (C=S) groups is 1. The Labute approximate surface area is 161 Å². The average Bonchev–Trinajstić information content (AvgIpc) is 2.66. The second-order valence-corrected chi connectivity index (χ2v) is 6.28. The van der Waals surface area contributed by atoms with Gasteiger partial charge in [0.25, 0.3) is 0 Å². The van der Waals surface area contributed by atoms with Gasteiger partial charge in [0.15, 0.2) is 5.11 Å². The van der Waals surface area contributed by atoms with Gasteiger partial charge < -0.3 is 20.1 Å². The van der Waals surface area contributed by atoms with E-state index in [1.165, 1.54) is 5.56 Å². The van der Waals surface area contributed by atoms with E-state index in [1.54, 1.807) is 0 Å². The molecule has 0 bridgehead atoms. The van der Waals surface area contributed by atoms with Crippen molar-refractivity contribution in [2.75, 3.05) is 25.1 Å². The summed E-state index contributed by atoms with van der Waals surface area (Å²) in [6.45, 7) is 6.26. The summed E-state index contributed by atoms with van der Waals surface area (Å²) >= 11 is 5.39. The van der Waals surface area contributed by atoms with E-state index in [1.807, 2.05) is 43.3 Å². The summed E-state index contributed by atoms with van der Waals surface area (Å²) in [5, 5.41) is 7.07. The van der Waals surface area contributed by atoms with E-state index < -0.39 is 0 Å². The topological polar surface area (TPSA) is 42.5 Å². The van der Waals surface area contributed by atoms with Crippen LogP contribution >= 0.6 is 12.2 Å². The van der Waals surface area contributed by atoms with Crippen LogP contribution in [0.4, 0.5) is 5.69 Å². The fraction of sp³-hybridized carbons (Fsp3) is 0.381. The third-order valence-corrected chi connectivity index (χ3v) is 4.02. The van der Waals surface area contributed by atoms with Crippen LogP contribution in [0.3, 0.4) is 0 Å². The molecule has 2 N–H and O–H groups in total. The number of anilines is 1. The first-order valence-electron chi connectivity index (χ1n) is 9.22. The van der Waals surface area contributed by atoms with Crippen molar-refractivity contribution >= 4 is 23.0 Å². The molecule has 0 unspecified atom stereocenters. The van der Waals surface area contributed by atoms with Crippen molar-refractivity contribution in [3.05, 3.63) is 54.1 Å². The van der Waals surface area contributed by atoms with Crippen LogP contribution in [0.15, 0.2) is 48.5 Å². The molecule has 2 aromatic carbocycles. The number of ether oxygens (including phenoxy) is 2. The molecule has 0 spiro atoms. The number of nitrogens with one attached hydrogen (secondary N) is 2. The SMILES string of the molecule is CCCOc1ccccc1CCCNC(=S)Nc1ccccc1OCC. The van der Waals surface area contributed by atoms with Gasteiger partial charge in [-0.2, -0.15) is 0 Å². The third kappa shape index (κ3) is 6.56. The Kier molecular flexibility index (Phi) is 8.76. The van der Waals surface area contributed by atoms with Gasteiger partial charge in [0, 0.05) is 6.54 Å². The van der Waals surface area contributed by atoms with Crippen molar-refractivity contribution in [2.45, 2.75) is 33.1 Å². The molecule has 4 nitrogen and oxygen atoms in total. The summed E-state index contributed by atoms with van der Waals surface area (Å²) in [5.41, 5.74) is 2.12. The molecular weight excluding hydrogens is 344 g/mol. The first-order chi connectivity index (χ1) is 12.7. The highest BCUT2D eigenvalue weighted by atomic mass is 32.1. The Morgan fingerprint density at radius 1 is 0.962 bits per heavy atom. The summed E-state index contributed by atoms with van der Waals surface area (Å²) in [7, 11) is 0. The van der Waals surface area contributed by atoms with Crippen LogP contribution in [0.1, 0.15) is 32.3 Å². The van der Waals surface area contributed by atoms with Crippen molar-refractivity contribution < 1.29 is 9.47 Å². The number of para-hydroxylation sites is 3. The van der Waals surface area contributed by atoms with Crippen LogP contribution in [-0.2, 0) is 6.42 Å². The number of aryl methyl sites for hydroxylation is 1. The van der Waals surface area contributed by atoms with E-state index in [0.29, 0.717) is 11.7 Å². The van der Waals surface area contributed by atoms with Gasteiger partial charge in [0.2, 0.25) is 0 Å². The van der Waals surface area contributed by atoms with Crippen molar-refractivity contribution in [2.24, 2.45) is 0 Å². The zero-order chi connectivity index (χ0) is 18.6. The van der Waals surface area contributed by atoms with Gasteiger partial charge in [-0.3, -0.25) is 0 Å². The molecule has 140 valence electrons. The summed E-state index contributed by atoms with van der Waals surface area (Å²) in [6, 6.07) is 16.0. The molecule has 0 aromatic heterocycles. The number of hydrogen-bond acceptors (Lipinski definition) is 3. The fourth-order valence-electron chi connectivity index (χ4n) is 2.56. The quantitative estimate of drug-likeness (QED) is 0.463. The Balaban J connectivity index is 1.77. The Morgan fingerprint density at radius 3 is 2.46 bits per heavy atom. The molecule has 0 aliphatic rings. The molecule has 0 fully saturated rings. The lowest BCUT2D eigenvalue weighted by Crippen LogP contribution is -2.29. The zero-order valence-corrected chi connectivity index (χ0v) is 16.4. The maximum atomic E-state index is 5.81. The lowest BCUT2D eigenvalue weighted by Gasteiger charge is -2.14. The van der Waals surface area contributed by atoms with Crippen LogP contribution in [0.25, 0.3) is 0 Å². The minimum absolute atomic E-state index is 0.604. The highest BCUT2D eigenvalue weighted by molar-refractivity contribution is 7.80. The summed E-state index contributed by atoms with van der Waals surface area (Å²) in [6.07, 6.45) is 2.94. The molecular formula is C21H28N2O2S. The molecule has 0 radical (unpaired) electrons. The molecule has 0 atom stereocenters. The van der Waals surface area contributed by atoms with Crippen LogP contribution in [0, 0.1) is 0 Å². The summed E-state index contributed by atoms with van der Waals surface area (Å²) in [4.78, 5) is 0. The molecule has 2 rings (SSSR count). The smallest absolute Gasteiger partial charge is 0.170 e. The monoisotopic (exact) mass is 372 g/mol. The molecule has 0 aliphatic heterocycles. The first-order valence-corrected chi connectivity index (χ1v) is 9.62. The minimum atomic E-state index is 0.604. The van der Waals surface area contributed by atoms with Gasteiger partial charge in [-0.1, -0.05) is 37.3 Å². The lowest BCUT2D eigenvalue weighted by molar-refractivity contribution is 0.314. The minimum Gasteiger partial charge on any atom is -0.493 e. The molecule has 0 aliphatic carbocycles. The number of benzene rings is 2. The van der Waals surface area contributed by atoms with Gasteiger partial charge in [-0.05, 0) is 62.2 Å². The second-order valence-electron chi connectivity index (χ2n) is 5.87. The normalized spacial score (nSPS) is 10.2. The van der Waals surface area contributed by atoms with E-state index in [9.17, 15) is 0 Å². The highest BCUT2D eigenvalue weighted by Crippen LogP contribution is 2.23. The van der Waals surface area contributed by atoms with Crippen LogP contribution in [0.2, 0.25) is 0 Å². The molecule has 0 amide bonds. The Morgan fingerprint density at radius 2 is 1.69 bits per heavy atom. The predicted molar refractivity (Wildman–Crippen MR) is 112 cm³/mol. The second kappa shape index (κ2) is 11.4. The molecule has 0 saturated carbocycles. The fourth-order valence-corrected chi connectivity index (χ4v) is 2.77. The first kappa shape index (κ1) is 20.0. The largest absolute Gasteiger partial charge is 0.493 e. The van der Waals surface area contributed by atoms with Gasteiger partial charge in [0.1, 0.15) is 11.5 Å². The number of rotatable bonds is 10. The van der Waals surface area contributed by atoms with E-state index in [2.05, 4.69) is 29.7 Å². The van der Waals surface area contributed by atoms with Gasteiger partial charge in [0.05, 0.1) is 18.9 Å². The predicted octanol–water partition coefficient (Wildman–Crippen LogP) is 4.79. The van der Waals surface area contributed by atoms with E-state index >= 15 is 0 Å². The van der Waals surface area contributed by atoms with Crippen LogP contribution in [-0.4, -0.2) is 24.9 Å². The van der Waals surface area contributed by atoms with E-state index in [-0.39, 0.29) is 0 Å². The van der Waals surface area contributed by atoms with Crippen LogP contribution in [0.5, 0.6) is 11.5 Å². The van der Waals surface area contributed by atoms with E-state index in [4.69, 9.17) is 21.7 Å². The van der Waals surface area contributed by atoms with Gasteiger partial charge in [-0.15, -0.1) is 0 Å². The summed E-state index contributed by atoms with van der Waals surface area (Å²) in [5.74, 6) is 1.79. The van der Waals surface area contributed by atoms with Crippen molar-refractivity contribution in [1.82, 2.24) is 5.32 Å². The van der Waals surface area contributed by atoms with Crippen LogP contribution < -0.4 is 20.1 Å². The van der Waals surface area contributed by atoms with Gasteiger partial charge >= 0.3 is 0 Å². The number of hydrogen-bond donors (Lipinski definition) is 2. The third-order valence-electron chi connectivity index (χ3n) is 3.78. The standard InChI is InChI=1S/C21H28N2O2S/c1-3-16-25-19-13-7-5-10-17(19)11-9-15-22-21(26)23-18-12-6-8-14-20(18)24-4-2/h5-8,10,12-14H,3-4,9,11,15-16H2,1-2H3,(H2,22,23,26). The maximum Gasteiger partial charge on any atom is 0.170 e. The van der Waals surface area contributed by atoms with Gasteiger partial charge in [-0.25, -0.2) is 0 Å². The van der Waals surface area contributed by atoms with E-state index in [0.717, 1.165) is 49.6 Å². The van der Waals surface area contributed by atoms with Crippen molar-refractivity contribution in [3.8, 4) is 11.5 Å². The average molecular weight is 373 g/mol. The van der Waals surface area contributed by atoms with Crippen molar-refractivity contribution in [1.29, 1.82) is 0 Å². The molecule has 26 heavy (non-hydrogen) atoms. The Hall–Kier alpha value is -2.27. The summed E-state index contributed by atoms with van der Waals surface area (Å²) < 4.78 is 11.4.